The molecule has 1 aromatic rings. The standard InChI is InChI=1S/C13H20N2/c1-10-2-3-11(9-14)8-13(10)12-4-6-15-7-5-12/h2-3,8,12,15H,4-7,9,14H2,1H3. The Morgan fingerprint density at radius 3 is 2.73 bits per heavy atom. The molecule has 1 fully saturated rings. The van der Waals surface area contributed by atoms with Crippen LogP contribution in [0.3, 0.4) is 0 Å². The van der Waals surface area contributed by atoms with Gasteiger partial charge in [-0.15, -0.1) is 0 Å². The van der Waals surface area contributed by atoms with E-state index in [0.29, 0.717) is 6.54 Å². The van der Waals surface area contributed by atoms with Gasteiger partial charge in [0.15, 0.2) is 0 Å². The molecule has 1 aromatic carbocycles. The second kappa shape index (κ2) is 4.77. The molecule has 0 aromatic heterocycles. The third-order valence-corrected chi connectivity index (χ3v) is 3.36. The Hall–Kier alpha value is -0.860. The summed E-state index contributed by atoms with van der Waals surface area (Å²) in [6.45, 7) is 5.16. The van der Waals surface area contributed by atoms with E-state index in [2.05, 4.69) is 30.4 Å². The Kier molecular flexibility index (Phi) is 3.39. The minimum Gasteiger partial charge on any atom is -0.326 e. The van der Waals surface area contributed by atoms with E-state index >= 15 is 0 Å². The highest BCUT2D eigenvalue weighted by atomic mass is 14.9. The van der Waals surface area contributed by atoms with Crippen LogP contribution < -0.4 is 11.1 Å². The van der Waals surface area contributed by atoms with Crippen molar-refractivity contribution in [2.24, 2.45) is 5.73 Å². The summed E-state index contributed by atoms with van der Waals surface area (Å²) < 4.78 is 0. The van der Waals surface area contributed by atoms with Gasteiger partial charge in [-0.2, -0.15) is 0 Å². The number of nitrogens with two attached hydrogens (primary N) is 1. The maximum absolute atomic E-state index is 5.69. The Morgan fingerprint density at radius 2 is 2.07 bits per heavy atom. The predicted octanol–water partition coefficient (Wildman–Crippen LogP) is 1.92. The minimum atomic E-state index is 0.651. The number of rotatable bonds is 2. The maximum atomic E-state index is 5.69. The van der Waals surface area contributed by atoms with Crippen molar-refractivity contribution in [2.75, 3.05) is 13.1 Å². The molecule has 0 amide bonds. The summed E-state index contributed by atoms with van der Waals surface area (Å²) in [5.74, 6) is 0.734. The molecule has 0 saturated carbocycles. The van der Waals surface area contributed by atoms with E-state index in [0.717, 1.165) is 19.0 Å². The van der Waals surface area contributed by atoms with Gasteiger partial charge in [0.1, 0.15) is 0 Å². The molecule has 0 spiro atoms. The smallest absolute Gasteiger partial charge is 0.0178 e. The number of benzene rings is 1. The second-order valence-electron chi connectivity index (χ2n) is 4.42. The lowest BCUT2D eigenvalue weighted by Crippen LogP contribution is -2.27. The van der Waals surface area contributed by atoms with Crippen LogP contribution in [0.25, 0.3) is 0 Å². The van der Waals surface area contributed by atoms with Crippen molar-refractivity contribution >= 4 is 0 Å². The Labute approximate surface area is 91.9 Å². The van der Waals surface area contributed by atoms with Crippen molar-refractivity contribution in [2.45, 2.75) is 32.2 Å². The van der Waals surface area contributed by atoms with Gasteiger partial charge in [-0.25, -0.2) is 0 Å². The van der Waals surface area contributed by atoms with Crippen molar-refractivity contribution in [1.82, 2.24) is 5.32 Å². The van der Waals surface area contributed by atoms with Gasteiger partial charge in [0.05, 0.1) is 0 Å². The van der Waals surface area contributed by atoms with E-state index in [-0.39, 0.29) is 0 Å². The summed E-state index contributed by atoms with van der Waals surface area (Å²) in [7, 11) is 0. The number of aryl methyl sites for hydroxylation is 1. The van der Waals surface area contributed by atoms with Gasteiger partial charge in [0.2, 0.25) is 0 Å². The summed E-state index contributed by atoms with van der Waals surface area (Å²) in [4.78, 5) is 0. The van der Waals surface area contributed by atoms with Crippen LogP contribution in [0.2, 0.25) is 0 Å². The molecule has 82 valence electrons. The first-order valence-electron chi connectivity index (χ1n) is 5.81. The van der Waals surface area contributed by atoms with Gasteiger partial charge in [-0.3, -0.25) is 0 Å². The molecule has 2 heteroatoms. The normalized spacial score (nSPS) is 18.0. The largest absolute Gasteiger partial charge is 0.326 e. The van der Waals surface area contributed by atoms with Gasteiger partial charge in [0.25, 0.3) is 0 Å². The highest BCUT2D eigenvalue weighted by molar-refractivity contribution is 5.34. The van der Waals surface area contributed by atoms with Crippen LogP contribution in [-0.4, -0.2) is 13.1 Å². The molecule has 15 heavy (non-hydrogen) atoms. The van der Waals surface area contributed by atoms with Gasteiger partial charge in [-0.1, -0.05) is 18.2 Å². The van der Waals surface area contributed by atoms with Crippen molar-refractivity contribution in [3.05, 3.63) is 34.9 Å². The zero-order valence-electron chi connectivity index (χ0n) is 9.42. The Balaban J connectivity index is 2.24. The van der Waals surface area contributed by atoms with Crippen LogP contribution in [0.5, 0.6) is 0 Å². The third kappa shape index (κ3) is 2.39. The van der Waals surface area contributed by atoms with Gasteiger partial charge >= 0.3 is 0 Å². The molecular formula is C13H20N2. The zero-order valence-corrected chi connectivity index (χ0v) is 9.42. The van der Waals surface area contributed by atoms with Crippen LogP contribution in [0.15, 0.2) is 18.2 Å². The summed E-state index contributed by atoms with van der Waals surface area (Å²) >= 11 is 0. The molecule has 3 N–H and O–H groups in total. The molecule has 2 nitrogen and oxygen atoms in total. The summed E-state index contributed by atoms with van der Waals surface area (Å²) in [6.07, 6.45) is 2.52. The summed E-state index contributed by atoms with van der Waals surface area (Å²) in [5.41, 5.74) is 9.87. The molecule has 1 aliphatic rings. The van der Waals surface area contributed by atoms with Crippen LogP contribution in [-0.2, 0) is 6.54 Å². The van der Waals surface area contributed by atoms with Gasteiger partial charge < -0.3 is 11.1 Å². The highest BCUT2D eigenvalue weighted by Gasteiger charge is 2.16. The van der Waals surface area contributed by atoms with E-state index in [9.17, 15) is 0 Å². The average molecular weight is 204 g/mol. The SMILES string of the molecule is Cc1ccc(CN)cc1C1CCNCC1. The van der Waals surface area contributed by atoms with Crippen molar-refractivity contribution in [1.29, 1.82) is 0 Å². The monoisotopic (exact) mass is 204 g/mol. The average Bonchev–Trinajstić information content (AvgIpc) is 2.31. The van der Waals surface area contributed by atoms with Crippen LogP contribution >= 0.6 is 0 Å². The summed E-state index contributed by atoms with van der Waals surface area (Å²) in [5, 5.41) is 3.41. The second-order valence-corrected chi connectivity index (χ2v) is 4.42. The van der Waals surface area contributed by atoms with E-state index in [1.54, 1.807) is 0 Å². The first kappa shape index (κ1) is 10.7. The van der Waals surface area contributed by atoms with E-state index in [1.807, 2.05) is 0 Å². The number of hydrogen-bond acceptors (Lipinski definition) is 2. The number of nitrogens with one attached hydrogen (secondary N) is 1. The molecule has 1 aliphatic heterocycles. The van der Waals surface area contributed by atoms with Crippen LogP contribution in [0.1, 0.15) is 35.4 Å². The van der Waals surface area contributed by atoms with Gasteiger partial charge in [-0.05, 0) is 55.5 Å². The van der Waals surface area contributed by atoms with Crippen molar-refractivity contribution in [3.63, 3.8) is 0 Å². The molecular weight excluding hydrogens is 184 g/mol. The van der Waals surface area contributed by atoms with E-state index in [4.69, 9.17) is 5.73 Å². The maximum Gasteiger partial charge on any atom is 0.0178 e. The predicted molar refractivity (Wildman–Crippen MR) is 63.9 cm³/mol. The molecule has 2 rings (SSSR count). The molecule has 0 aliphatic carbocycles. The van der Waals surface area contributed by atoms with E-state index < -0.39 is 0 Å². The topological polar surface area (TPSA) is 38.0 Å². The Morgan fingerprint density at radius 1 is 1.33 bits per heavy atom. The van der Waals surface area contributed by atoms with Crippen LogP contribution in [0.4, 0.5) is 0 Å². The minimum absolute atomic E-state index is 0.651. The van der Waals surface area contributed by atoms with E-state index in [1.165, 1.54) is 29.5 Å². The van der Waals surface area contributed by atoms with Crippen LogP contribution in [0, 0.1) is 6.92 Å². The lowest BCUT2D eigenvalue weighted by molar-refractivity contribution is 0.459. The fourth-order valence-electron chi connectivity index (χ4n) is 2.39. The first-order valence-corrected chi connectivity index (χ1v) is 5.81. The summed E-state index contributed by atoms with van der Waals surface area (Å²) in [6, 6.07) is 6.64. The number of piperidine rings is 1. The molecule has 0 radical (unpaired) electrons. The Bertz CT molecular complexity index is 327. The lowest BCUT2D eigenvalue weighted by atomic mass is 9.86. The zero-order chi connectivity index (χ0) is 10.7. The van der Waals surface area contributed by atoms with Crippen molar-refractivity contribution < 1.29 is 0 Å². The molecule has 0 bridgehead atoms. The quantitative estimate of drug-likeness (QED) is 0.772. The fraction of sp³-hybridized carbons (Fsp3) is 0.538. The molecule has 1 heterocycles. The number of hydrogen-bond donors (Lipinski definition) is 2. The first-order chi connectivity index (χ1) is 7.31. The van der Waals surface area contributed by atoms with Gasteiger partial charge in [0, 0.05) is 6.54 Å². The molecule has 1 saturated heterocycles. The third-order valence-electron chi connectivity index (χ3n) is 3.36. The lowest BCUT2D eigenvalue weighted by Gasteiger charge is -2.24. The highest BCUT2D eigenvalue weighted by Crippen LogP contribution is 2.28. The molecule has 0 unspecified atom stereocenters. The van der Waals surface area contributed by atoms with Crippen molar-refractivity contribution in [3.8, 4) is 0 Å². The fourth-order valence-corrected chi connectivity index (χ4v) is 2.39. The molecule has 0 atom stereocenters.